The highest BCUT2D eigenvalue weighted by Crippen LogP contribution is 2.15. The largest absolute Gasteiger partial charge is 0.179 e. The molecule has 0 aliphatic carbocycles. The van der Waals surface area contributed by atoms with Crippen molar-refractivity contribution in [3.8, 4) is 0 Å². The average molecular weight is 164 g/mol. The monoisotopic (exact) mass is 164 g/mol. The third-order valence-corrected chi connectivity index (χ3v) is 1.82. The van der Waals surface area contributed by atoms with Gasteiger partial charge >= 0.3 is 0 Å². The third-order valence-electron chi connectivity index (χ3n) is 1.60. The standard InChI is InChI=1S/C10H12S/c1-9(7-8-11)10-5-3-2-4-6-10/h2-6,11H,1,7-8H2. The van der Waals surface area contributed by atoms with E-state index in [-0.39, 0.29) is 0 Å². The van der Waals surface area contributed by atoms with Gasteiger partial charge in [0.2, 0.25) is 0 Å². The zero-order chi connectivity index (χ0) is 8.10. The van der Waals surface area contributed by atoms with E-state index >= 15 is 0 Å². The van der Waals surface area contributed by atoms with Crippen LogP contribution >= 0.6 is 12.6 Å². The summed E-state index contributed by atoms with van der Waals surface area (Å²) in [5.41, 5.74) is 2.39. The molecule has 0 aromatic heterocycles. The van der Waals surface area contributed by atoms with Crippen molar-refractivity contribution in [1.29, 1.82) is 0 Å². The maximum Gasteiger partial charge on any atom is -0.00574 e. The number of thiol groups is 1. The number of rotatable bonds is 3. The van der Waals surface area contributed by atoms with Gasteiger partial charge in [0, 0.05) is 0 Å². The van der Waals surface area contributed by atoms with Crippen LogP contribution in [-0.4, -0.2) is 5.75 Å². The van der Waals surface area contributed by atoms with E-state index < -0.39 is 0 Å². The summed E-state index contributed by atoms with van der Waals surface area (Å²) in [6.07, 6.45) is 0.965. The van der Waals surface area contributed by atoms with Crippen LogP contribution in [-0.2, 0) is 0 Å². The van der Waals surface area contributed by atoms with Crippen LogP contribution in [0.2, 0.25) is 0 Å². The molecule has 11 heavy (non-hydrogen) atoms. The zero-order valence-corrected chi connectivity index (χ0v) is 7.35. The van der Waals surface area contributed by atoms with E-state index in [1.165, 1.54) is 11.1 Å². The summed E-state index contributed by atoms with van der Waals surface area (Å²) in [5, 5.41) is 0. The summed E-state index contributed by atoms with van der Waals surface area (Å²) >= 11 is 4.15. The van der Waals surface area contributed by atoms with Gasteiger partial charge in [-0.1, -0.05) is 36.9 Å². The molecule has 0 heterocycles. The van der Waals surface area contributed by atoms with E-state index in [0.29, 0.717) is 0 Å². The minimum Gasteiger partial charge on any atom is -0.179 e. The highest BCUT2D eigenvalue weighted by molar-refractivity contribution is 7.80. The van der Waals surface area contributed by atoms with Crippen molar-refractivity contribution in [1.82, 2.24) is 0 Å². The number of hydrogen-bond donors (Lipinski definition) is 1. The summed E-state index contributed by atoms with van der Waals surface area (Å²) < 4.78 is 0. The second-order valence-corrected chi connectivity index (χ2v) is 2.89. The van der Waals surface area contributed by atoms with Gasteiger partial charge < -0.3 is 0 Å². The Balaban J connectivity index is 2.69. The minimum absolute atomic E-state index is 0.869. The van der Waals surface area contributed by atoms with Crippen molar-refractivity contribution in [2.45, 2.75) is 6.42 Å². The van der Waals surface area contributed by atoms with Gasteiger partial charge in [-0.25, -0.2) is 0 Å². The van der Waals surface area contributed by atoms with E-state index in [1.54, 1.807) is 0 Å². The lowest BCUT2D eigenvalue weighted by atomic mass is 10.1. The van der Waals surface area contributed by atoms with Crippen LogP contribution in [0.3, 0.4) is 0 Å². The number of allylic oxidation sites excluding steroid dienone is 1. The van der Waals surface area contributed by atoms with E-state index in [4.69, 9.17) is 0 Å². The summed E-state index contributed by atoms with van der Waals surface area (Å²) in [4.78, 5) is 0. The van der Waals surface area contributed by atoms with Crippen LogP contribution in [0.25, 0.3) is 5.57 Å². The summed E-state index contributed by atoms with van der Waals surface area (Å²) in [7, 11) is 0. The first-order chi connectivity index (χ1) is 5.34. The van der Waals surface area contributed by atoms with Crippen LogP contribution in [0, 0.1) is 0 Å². The molecule has 0 aliphatic heterocycles. The highest BCUT2D eigenvalue weighted by atomic mass is 32.1. The lowest BCUT2D eigenvalue weighted by Crippen LogP contribution is -1.82. The van der Waals surface area contributed by atoms with Crippen LogP contribution in [0.1, 0.15) is 12.0 Å². The first kappa shape index (κ1) is 8.41. The van der Waals surface area contributed by atoms with Gasteiger partial charge in [-0.15, -0.1) is 0 Å². The molecule has 1 aromatic carbocycles. The molecule has 0 amide bonds. The van der Waals surface area contributed by atoms with Crippen molar-refractivity contribution < 1.29 is 0 Å². The Hall–Kier alpha value is -0.690. The molecule has 0 bridgehead atoms. The highest BCUT2D eigenvalue weighted by Gasteiger charge is 1.94. The fourth-order valence-electron chi connectivity index (χ4n) is 0.953. The van der Waals surface area contributed by atoms with E-state index in [0.717, 1.165) is 12.2 Å². The van der Waals surface area contributed by atoms with Crippen molar-refractivity contribution in [3.05, 3.63) is 42.5 Å². The topological polar surface area (TPSA) is 0 Å². The molecule has 1 aromatic rings. The van der Waals surface area contributed by atoms with Gasteiger partial charge in [0.05, 0.1) is 0 Å². The molecule has 0 saturated heterocycles. The molecular weight excluding hydrogens is 152 g/mol. The molecule has 0 saturated carbocycles. The first-order valence-electron chi connectivity index (χ1n) is 3.68. The fourth-order valence-corrected chi connectivity index (χ4v) is 1.22. The summed E-state index contributed by atoms with van der Waals surface area (Å²) in [6.45, 7) is 3.97. The molecular formula is C10H12S. The normalized spacial score (nSPS) is 9.55. The fraction of sp³-hybridized carbons (Fsp3) is 0.200. The smallest absolute Gasteiger partial charge is 0.00574 e. The van der Waals surface area contributed by atoms with Gasteiger partial charge in [0.1, 0.15) is 0 Å². The molecule has 0 nitrogen and oxygen atoms in total. The first-order valence-corrected chi connectivity index (χ1v) is 4.32. The minimum atomic E-state index is 0.869. The Morgan fingerprint density at radius 1 is 1.27 bits per heavy atom. The Labute approximate surface area is 73.4 Å². The van der Waals surface area contributed by atoms with E-state index in [9.17, 15) is 0 Å². The Morgan fingerprint density at radius 3 is 2.45 bits per heavy atom. The predicted molar refractivity (Wildman–Crippen MR) is 53.9 cm³/mol. The average Bonchev–Trinajstić information content (AvgIpc) is 2.07. The van der Waals surface area contributed by atoms with Crippen molar-refractivity contribution >= 4 is 18.2 Å². The zero-order valence-electron chi connectivity index (χ0n) is 6.46. The van der Waals surface area contributed by atoms with Gasteiger partial charge in [0.25, 0.3) is 0 Å². The molecule has 0 aliphatic rings. The molecule has 0 N–H and O–H groups in total. The molecule has 0 atom stereocenters. The van der Waals surface area contributed by atoms with Crippen molar-refractivity contribution in [2.75, 3.05) is 5.75 Å². The van der Waals surface area contributed by atoms with Gasteiger partial charge in [-0.05, 0) is 23.3 Å². The molecule has 1 heteroatoms. The van der Waals surface area contributed by atoms with Crippen molar-refractivity contribution in [2.24, 2.45) is 0 Å². The quantitative estimate of drug-likeness (QED) is 0.652. The van der Waals surface area contributed by atoms with E-state index in [2.05, 4.69) is 31.3 Å². The summed E-state index contributed by atoms with van der Waals surface area (Å²) in [6, 6.07) is 10.2. The molecule has 1 rings (SSSR count). The van der Waals surface area contributed by atoms with Gasteiger partial charge in [-0.2, -0.15) is 12.6 Å². The van der Waals surface area contributed by atoms with Crippen LogP contribution in [0.4, 0.5) is 0 Å². The maximum absolute atomic E-state index is 4.15. The second-order valence-electron chi connectivity index (χ2n) is 2.44. The number of benzene rings is 1. The molecule has 0 unspecified atom stereocenters. The molecule has 0 spiro atoms. The van der Waals surface area contributed by atoms with E-state index in [1.807, 2.05) is 18.2 Å². The molecule has 58 valence electrons. The van der Waals surface area contributed by atoms with Crippen LogP contribution in [0.5, 0.6) is 0 Å². The Morgan fingerprint density at radius 2 is 1.91 bits per heavy atom. The van der Waals surface area contributed by atoms with Gasteiger partial charge in [-0.3, -0.25) is 0 Å². The van der Waals surface area contributed by atoms with Gasteiger partial charge in [0.15, 0.2) is 0 Å². The second kappa shape index (κ2) is 4.24. The van der Waals surface area contributed by atoms with Crippen LogP contribution in [0.15, 0.2) is 36.9 Å². The Bertz CT molecular complexity index is 226. The summed E-state index contributed by atoms with van der Waals surface area (Å²) in [5.74, 6) is 0.869. The predicted octanol–water partition coefficient (Wildman–Crippen LogP) is 3.02. The lowest BCUT2D eigenvalue weighted by Gasteiger charge is -2.01. The lowest BCUT2D eigenvalue weighted by molar-refractivity contribution is 1.27. The van der Waals surface area contributed by atoms with Crippen LogP contribution < -0.4 is 0 Å². The Kier molecular flexibility index (Phi) is 3.24. The molecule has 0 radical (unpaired) electrons. The maximum atomic E-state index is 4.15. The third kappa shape index (κ3) is 2.43. The SMILES string of the molecule is C=C(CCS)c1ccccc1. The molecule has 0 fully saturated rings. The van der Waals surface area contributed by atoms with Crippen molar-refractivity contribution in [3.63, 3.8) is 0 Å². The number of hydrogen-bond acceptors (Lipinski definition) is 1.